The molecule has 0 aliphatic carbocycles. The Bertz CT molecular complexity index is 913. The molecule has 27 heavy (non-hydrogen) atoms. The molecule has 0 atom stereocenters. The second kappa shape index (κ2) is 7.56. The third-order valence-electron chi connectivity index (χ3n) is 4.17. The molecule has 0 spiro atoms. The third kappa shape index (κ3) is 4.57. The van der Waals surface area contributed by atoms with Crippen molar-refractivity contribution in [3.63, 3.8) is 0 Å². The summed E-state index contributed by atoms with van der Waals surface area (Å²) < 4.78 is 40.1. The number of nitrogens with one attached hydrogen (secondary N) is 1. The van der Waals surface area contributed by atoms with Gasteiger partial charge in [0.25, 0.3) is 0 Å². The van der Waals surface area contributed by atoms with Crippen molar-refractivity contribution in [2.45, 2.75) is 19.5 Å². The van der Waals surface area contributed by atoms with Gasteiger partial charge in [0.15, 0.2) is 0 Å². The van der Waals surface area contributed by atoms with Crippen LogP contribution in [0.2, 0.25) is 0 Å². The molecule has 3 rings (SSSR count). The number of alkyl halides is 3. The molecule has 1 aromatic carbocycles. The molecule has 0 aliphatic heterocycles. The molecule has 0 fully saturated rings. The van der Waals surface area contributed by atoms with Crippen LogP contribution in [0, 0.1) is 6.92 Å². The number of nitrogens with zero attached hydrogens (tertiary/aromatic N) is 4. The zero-order chi connectivity index (χ0) is 19.6. The number of fused-ring (bicyclic) bond motifs is 1. The predicted molar refractivity (Wildman–Crippen MR) is 99.8 cm³/mol. The largest absolute Gasteiger partial charge is 0.416 e. The second-order valence-corrected chi connectivity index (χ2v) is 6.74. The van der Waals surface area contributed by atoms with Gasteiger partial charge in [-0.05, 0) is 46.1 Å². The topological polar surface area (TPSA) is 45.5 Å². The molecular formula is C19H22F3N5. The number of rotatable bonds is 6. The first-order chi connectivity index (χ1) is 12.7. The maximum Gasteiger partial charge on any atom is 0.416 e. The summed E-state index contributed by atoms with van der Waals surface area (Å²) in [5, 5.41) is 3.39. The van der Waals surface area contributed by atoms with E-state index in [1.54, 1.807) is 6.20 Å². The van der Waals surface area contributed by atoms with Crippen LogP contribution >= 0.6 is 0 Å². The van der Waals surface area contributed by atoms with Gasteiger partial charge in [0.2, 0.25) is 5.78 Å². The number of hydrogen-bond acceptors (Lipinski definition) is 4. The highest BCUT2D eigenvalue weighted by Crippen LogP contribution is 2.31. The molecule has 2 aromatic heterocycles. The van der Waals surface area contributed by atoms with Gasteiger partial charge in [-0.1, -0.05) is 12.1 Å². The molecule has 2 heterocycles. The molecule has 0 saturated carbocycles. The summed E-state index contributed by atoms with van der Waals surface area (Å²) >= 11 is 0. The quantitative estimate of drug-likeness (QED) is 0.658. The van der Waals surface area contributed by atoms with Crippen LogP contribution in [0.3, 0.4) is 0 Å². The Morgan fingerprint density at radius 1 is 1.11 bits per heavy atom. The zero-order valence-corrected chi connectivity index (χ0v) is 15.5. The van der Waals surface area contributed by atoms with E-state index in [1.807, 2.05) is 31.5 Å². The van der Waals surface area contributed by atoms with Crippen LogP contribution in [0.25, 0.3) is 17.0 Å². The number of anilines is 1. The Labute approximate surface area is 155 Å². The first kappa shape index (κ1) is 19.2. The maximum atomic E-state index is 12.7. The highest BCUT2D eigenvalue weighted by molar-refractivity contribution is 5.63. The van der Waals surface area contributed by atoms with E-state index in [0.717, 1.165) is 43.2 Å². The normalized spacial score (nSPS) is 12.1. The number of aromatic nitrogens is 3. The van der Waals surface area contributed by atoms with Crippen molar-refractivity contribution < 1.29 is 13.2 Å². The van der Waals surface area contributed by atoms with Crippen molar-refractivity contribution in [3.8, 4) is 11.3 Å². The Balaban J connectivity index is 1.87. The minimum Gasteiger partial charge on any atom is -0.371 e. The lowest BCUT2D eigenvalue weighted by Crippen LogP contribution is -2.17. The van der Waals surface area contributed by atoms with Crippen molar-refractivity contribution in [1.82, 2.24) is 19.3 Å². The van der Waals surface area contributed by atoms with E-state index in [-0.39, 0.29) is 0 Å². The number of aryl methyl sites for hydroxylation is 1. The summed E-state index contributed by atoms with van der Waals surface area (Å²) in [6, 6.07) is 6.93. The van der Waals surface area contributed by atoms with E-state index in [1.165, 1.54) is 12.1 Å². The molecule has 0 radical (unpaired) electrons. The molecule has 0 saturated heterocycles. The fraction of sp³-hybridized carbons (Fsp3) is 0.368. The summed E-state index contributed by atoms with van der Waals surface area (Å²) in [7, 11) is 4.06. The van der Waals surface area contributed by atoms with Gasteiger partial charge in [0.1, 0.15) is 5.82 Å². The van der Waals surface area contributed by atoms with Gasteiger partial charge in [-0.3, -0.25) is 4.40 Å². The van der Waals surface area contributed by atoms with Crippen LogP contribution in [0.1, 0.15) is 17.7 Å². The first-order valence-electron chi connectivity index (χ1n) is 8.67. The Morgan fingerprint density at radius 3 is 2.44 bits per heavy atom. The molecule has 1 N–H and O–H groups in total. The number of benzene rings is 1. The van der Waals surface area contributed by atoms with Crippen molar-refractivity contribution in [3.05, 3.63) is 47.8 Å². The molecule has 144 valence electrons. The standard InChI is InChI=1S/C19H22F3N5/c1-13-11-17(23-9-4-10-26(2)3)27-12-16(25-18(27)24-13)14-5-7-15(8-6-14)19(20,21)22/h5-8,11-12,23H,4,9-10H2,1-3H3. The maximum absolute atomic E-state index is 12.7. The zero-order valence-electron chi connectivity index (χ0n) is 15.5. The van der Waals surface area contributed by atoms with Crippen LogP contribution in [-0.4, -0.2) is 46.5 Å². The van der Waals surface area contributed by atoms with Gasteiger partial charge in [0.05, 0.1) is 11.3 Å². The van der Waals surface area contributed by atoms with Crippen LogP contribution in [-0.2, 0) is 6.18 Å². The molecule has 3 aromatic rings. The van der Waals surface area contributed by atoms with E-state index in [4.69, 9.17) is 0 Å². The highest BCUT2D eigenvalue weighted by Gasteiger charge is 2.30. The average molecular weight is 377 g/mol. The minimum absolute atomic E-state index is 0.514. The lowest BCUT2D eigenvalue weighted by molar-refractivity contribution is -0.137. The van der Waals surface area contributed by atoms with Crippen molar-refractivity contribution in [2.24, 2.45) is 0 Å². The van der Waals surface area contributed by atoms with E-state index in [2.05, 4.69) is 20.2 Å². The molecule has 0 aliphatic rings. The third-order valence-corrected chi connectivity index (χ3v) is 4.17. The monoisotopic (exact) mass is 377 g/mol. The van der Waals surface area contributed by atoms with Crippen LogP contribution in [0.4, 0.5) is 19.0 Å². The SMILES string of the molecule is Cc1cc(NCCCN(C)C)n2cc(-c3ccc(C(F)(F)F)cc3)nc2n1. The van der Waals surface area contributed by atoms with Crippen molar-refractivity contribution in [2.75, 3.05) is 32.5 Å². The molecule has 5 nitrogen and oxygen atoms in total. The van der Waals surface area contributed by atoms with E-state index in [0.29, 0.717) is 17.0 Å². The van der Waals surface area contributed by atoms with E-state index in [9.17, 15) is 13.2 Å². The first-order valence-corrected chi connectivity index (χ1v) is 8.67. The van der Waals surface area contributed by atoms with Crippen molar-refractivity contribution >= 4 is 11.6 Å². The van der Waals surface area contributed by atoms with Gasteiger partial charge >= 0.3 is 6.18 Å². The van der Waals surface area contributed by atoms with Gasteiger partial charge in [-0.15, -0.1) is 0 Å². The second-order valence-electron chi connectivity index (χ2n) is 6.74. The average Bonchev–Trinajstić information content (AvgIpc) is 3.01. The molecule has 0 unspecified atom stereocenters. The van der Waals surface area contributed by atoms with Gasteiger partial charge in [-0.2, -0.15) is 13.2 Å². The smallest absolute Gasteiger partial charge is 0.371 e. The fourth-order valence-electron chi connectivity index (χ4n) is 2.80. The number of imidazole rings is 1. The summed E-state index contributed by atoms with van der Waals surface area (Å²) in [6.45, 7) is 3.66. The Kier molecular flexibility index (Phi) is 5.36. The Hall–Kier alpha value is -2.61. The van der Waals surface area contributed by atoms with Gasteiger partial charge in [-0.25, -0.2) is 9.97 Å². The molecule has 0 bridgehead atoms. The fourth-order valence-corrected chi connectivity index (χ4v) is 2.80. The van der Waals surface area contributed by atoms with Crippen LogP contribution in [0.15, 0.2) is 36.5 Å². The van der Waals surface area contributed by atoms with Gasteiger partial charge in [0, 0.05) is 30.1 Å². The van der Waals surface area contributed by atoms with Gasteiger partial charge < -0.3 is 10.2 Å². The summed E-state index contributed by atoms with van der Waals surface area (Å²) in [4.78, 5) is 11.0. The highest BCUT2D eigenvalue weighted by atomic mass is 19.4. The number of hydrogen-bond donors (Lipinski definition) is 1. The summed E-state index contributed by atoms with van der Waals surface area (Å²) in [5.41, 5.74) is 1.34. The summed E-state index contributed by atoms with van der Waals surface area (Å²) in [6.07, 6.45) is -1.57. The Morgan fingerprint density at radius 2 is 1.81 bits per heavy atom. The molecule has 0 amide bonds. The van der Waals surface area contributed by atoms with Crippen molar-refractivity contribution in [1.29, 1.82) is 0 Å². The molecular weight excluding hydrogens is 355 g/mol. The van der Waals surface area contributed by atoms with E-state index >= 15 is 0 Å². The van der Waals surface area contributed by atoms with Crippen LogP contribution < -0.4 is 5.32 Å². The molecule has 8 heteroatoms. The lowest BCUT2D eigenvalue weighted by atomic mass is 10.1. The van der Waals surface area contributed by atoms with E-state index < -0.39 is 11.7 Å². The lowest BCUT2D eigenvalue weighted by Gasteiger charge is -2.12. The van der Waals surface area contributed by atoms with Crippen LogP contribution in [0.5, 0.6) is 0 Å². The minimum atomic E-state index is -4.35. The number of halogens is 3. The summed E-state index contributed by atoms with van der Waals surface area (Å²) in [5.74, 6) is 1.38. The predicted octanol–water partition coefficient (Wildman–Crippen LogP) is 4.09.